The molecular formula is C9H13ClN2O2. The molecule has 78 valence electrons. The molecule has 0 radical (unpaired) electrons. The Kier molecular flexibility index (Phi) is 2.63. The summed E-state index contributed by atoms with van der Waals surface area (Å²) in [6.45, 7) is 0. The highest BCUT2D eigenvalue weighted by atomic mass is 35.5. The van der Waals surface area contributed by atoms with Gasteiger partial charge in [0, 0.05) is 6.04 Å². The van der Waals surface area contributed by atoms with Crippen molar-refractivity contribution < 1.29 is 9.59 Å². The van der Waals surface area contributed by atoms with Gasteiger partial charge in [-0.05, 0) is 31.1 Å². The zero-order valence-electron chi connectivity index (χ0n) is 7.75. The van der Waals surface area contributed by atoms with Crippen LogP contribution in [0.2, 0.25) is 0 Å². The van der Waals surface area contributed by atoms with Crippen molar-refractivity contribution >= 4 is 23.5 Å². The van der Waals surface area contributed by atoms with E-state index in [0.717, 1.165) is 24.7 Å². The van der Waals surface area contributed by atoms with Crippen LogP contribution in [-0.2, 0) is 4.79 Å². The Balaban J connectivity index is 1.69. The van der Waals surface area contributed by atoms with Gasteiger partial charge in [0.2, 0.25) is 5.91 Å². The van der Waals surface area contributed by atoms with E-state index in [0.29, 0.717) is 0 Å². The number of urea groups is 1. The Morgan fingerprint density at radius 1 is 1.21 bits per heavy atom. The smallest absolute Gasteiger partial charge is 0.321 e. The summed E-state index contributed by atoms with van der Waals surface area (Å²) in [5.74, 6) is 1.02. The monoisotopic (exact) mass is 216 g/mol. The summed E-state index contributed by atoms with van der Waals surface area (Å²) >= 11 is 5.25. The van der Waals surface area contributed by atoms with Gasteiger partial charge in [-0.15, -0.1) is 11.6 Å². The molecule has 2 aliphatic carbocycles. The zero-order chi connectivity index (χ0) is 10.1. The molecule has 0 aromatic rings. The van der Waals surface area contributed by atoms with Gasteiger partial charge in [0.05, 0.1) is 0 Å². The van der Waals surface area contributed by atoms with Gasteiger partial charge in [0.15, 0.2) is 0 Å². The van der Waals surface area contributed by atoms with E-state index in [1.165, 1.54) is 6.42 Å². The van der Waals surface area contributed by atoms with Gasteiger partial charge >= 0.3 is 6.03 Å². The fourth-order valence-corrected chi connectivity index (χ4v) is 2.28. The van der Waals surface area contributed by atoms with E-state index in [2.05, 4.69) is 10.6 Å². The Morgan fingerprint density at radius 3 is 2.43 bits per heavy atom. The van der Waals surface area contributed by atoms with Crippen molar-refractivity contribution in [3.8, 4) is 0 Å². The summed E-state index contributed by atoms with van der Waals surface area (Å²) < 4.78 is 0. The van der Waals surface area contributed by atoms with Crippen LogP contribution in [0.1, 0.15) is 19.3 Å². The van der Waals surface area contributed by atoms with Crippen LogP contribution in [0.15, 0.2) is 0 Å². The highest BCUT2D eigenvalue weighted by molar-refractivity contribution is 6.28. The highest BCUT2D eigenvalue weighted by Crippen LogP contribution is 2.51. The fourth-order valence-electron chi connectivity index (χ4n) is 2.21. The summed E-state index contributed by atoms with van der Waals surface area (Å²) in [6, 6.07) is -0.163. The van der Waals surface area contributed by atoms with Crippen molar-refractivity contribution in [1.29, 1.82) is 0 Å². The summed E-state index contributed by atoms with van der Waals surface area (Å²) in [5.41, 5.74) is 0. The van der Waals surface area contributed by atoms with Gasteiger partial charge in [0.1, 0.15) is 5.88 Å². The lowest BCUT2D eigenvalue weighted by atomic mass is 10.2. The van der Waals surface area contributed by atoms with Crippen LogP contribution in [-0.4, -0.2) is 23.9 Å². The van der Waals surface area contributed by atoms with Crippen LogP contribution < -0.4 is 10.6 Å². The highest BCUT2D eigenvalue weighted by Gasteiger charge is 2.46. The molecule has 2 atom stereocenters. The molecule has 2 rings (SSSR count). The summed E-state index contributed by atoms with van der Waals surface area (Å²) in [5, 5.41) is 4.94. The van der Waals surface area contributed by atoms with Crippen LogP contribution in [0.5, 0.6) is 0 Å². The lowest BCUT2D eigenvalue weighted by Gasteiger charge is -2.13. The molecule has 3 amide bonds. The minimum absolute atomic E-state index is 0.177. The standard InChI is InChI=1S/C9H13ClN2O2/c10-4-8(13)12-9(14)11-7-2-5-1-6(5)3-7/h5-7H,1-4H2,(H2,11,12,13,14). The van der Waals surface area contributed by atoms with E-state index < -0.39 is 11.9 Å². The molecule has 0 aromatic carbocycles. The maximum atomic E-state index is 11.2. The molecule has 0 saturated heterocycles. The number of halogens is 1. The topological polar surface area (TPSA) is 58.2 Å². The predicted octanol–water partition coefficient (Wildman–Crippen LogP) is 0.849. The largest absolute Gasteiger partial charge is 0.335 e. The van der Waals surface area contributed by atoms with Crippen LogP contribution in [0.4, 0.5) is 4.79 Å². The van der Waals surface area contributed by atoms with Gasteiger partial charge in [-0.3, -0.25) is 10.1 Å². The second kappa shape index (κ2) is 3.77. The molecule has 5 heteroatoms. The van der Waals surface area contributed by atoms with E-state index >= 15 is 0 Å². The normalized spacial score (nSPS) is 33.4. The minimum atomic E-state index is -0.452. The van der Waals surface area contributed by atoms with Gasteiger partial charge in [-0.2, -0.15) is 0 Å². The predicted molar refractivity (Wildman–Crippen MR) is 52.0 cm³/mol. The lowest BCUT2D eigenvalue weighted by molar-refractivity contribution is -0.117. The van der Waals surface area contributed by atoms with Crippen molar-refractivity contribution in [3.63, 3.8) is 0 Å². The maximum absolute atomic E-state index is 11.2. The molecule has 14 heavy (non-hydrogen) atoms. The molecule has 2 fully saturated rings. The third-order valence-electron chi connectivity index (χ3n) is 2.95. The average Bonchev–Trinajstić information content (AvgIpc) is 2.74. The minimum Gasteiger partial charge on any atom is -0.335 e. The molecule has 0 spiro atoms. The first-order valence-corrected chi connectivity index (χ1v) is 5.39. The molecule has 0 aromatic heterocycles. The van der Waals surface area contributed by atoms with Gasteiger partial charge in [-0.25, -0.2) is 4.79 Å². The first-order chi connectivity index (χ1) is 6.69. The Hall–Kier alpha value is -0.770. The van der Waals surface area contributed by atoms with E-state index in [-0.39, 0.29) is 11.9 Å². The molecule has 0 aliphatic heterocycles. The fraction of sp³-hybridized carbons (Fsp3) is 0.778. The lowest BCUT2D eigenvalue weighted by Crippen LogP contribution is -2.44. The Morgan fingerprint density at radius 2 is 1.86 bits per heavy atom. The third-order valence-corrected chi connectivity index (χ3v) is 3.20. The second-order valence-corrected chi connectivity index (χ2v) is 4.35. The number of alkyl halides is 1. The first kappa shape index (κ1) is 9.77. The van der Waals surface area contributed by atoms with E-state index in [4.69, 9.17) is 11.6 Å². The van der Waals surface area contributed by atoms with Gasteiger partial charge in [0.25, 0.3) is 0 Å². The maximum Gasteiger partial charge on any atom is 0.321 e. The first-order valence-electron chi connectivity index (χ1n) is 4.85. The van der Waals surface area contributed by atoms with Crippen LogP contribution in [0, 0.1) is 11.8 Å². The van der Waals surface area contributed by atoms with E-state index in [1.807, 2.05) is 0 Å². The summed E-state index contributed by atoms with van der Waals surface area (Å²) in [6.07, 6.45) is 3.45. The average molecular weight is 217 g/mol. The molecule has 2 saturated carbocycles. The van der Waals surface area contributed by atoms with E-state index in [1.54, 1.807) is 0 Å². The summed E-state index contributed by atoms with van der Waals surface area (Å²) in [7, 11) is 0. The second-order valence-electron chi connectivity index (χ2n) is 4.08. The number of hydrogen-bond acceptors (Lipinski definition) is 2. The van der Waals surface area contributed by atoms with Crippen LogP contribution >= 0.6 is 11.6 Å². The molecule has 4 nitrogen and oxygen atoms in total. The molecule has 2 N–H and O–H groups in total. The van der Waals surface area contributed by atoms with E-state index in [9.17, 15) is 9.59 Å². The SMILES string of the molecule is O=C(CCl)NC(=O)NC1CC2CC2C1. The number of nitrogens with one attached hydrogen (secondary N) is 2. The molecule has 2 aliphatic rings. The number of hydrogen-bond donors (Lipinski definition) is 2. The van der Waals surface area contributed by atoms with Gasteiger partial charge < -0.3 is 5.32 Å². The number of fused-ring (bicyclic) bond motifs is 1. The molecular weight excluding hydrogens is 204 g/mol. The van der Waals surface area contributed by atoms with Crippen LogP contribution in [0.25, 0.3) is 0 Å². The van der Waals surface area contributed by atoms with Crippen molar-refractivity contribution in [3.05, 3.63) is 0 Å². The summed E-state index contributed by atoms with van der Waals surface area (Å²) in [4.78, 5) is 22.0. The zero-order valence-corrected chi connectivity index (χ0v) is 8.51. The Bertz CT molecular complexity index is 260. The van der Waals surface area contributed by atoms with Crippen molar-refractivity contribution in [2.75, 3.05) is 5.88 Å². The Labute approximate surface area is 87.4 Å². The number of amides is 3. The van der Waals surface area contributed by atoms with Crippen molar-refractivity contribution in [1.82, 2.24) is 10.6 Å². The van der Waals surface area contributed by atoms with Crippen molar-refractivity contribution in [2.45, 2.75) is 25.3 Å². The molecule has 2 unspecified atom stereocenters. The number of carbonyl (C=O) groups excluding carboxylic acids is 2. The number of imide groups is 1. The quantitative estimate of drug-likeness (QED) is 0.673. The third kappa shape index (κ3) is 2.18. The van der Waals surface area contributed by atoms with Crippen molar-refractivity contribution in [2.24, 2.45) is 11.8 Å². The molecule has 0 bridgehead atoms. The number of rotatable bonds is 2. The number of carbonyl (C=O) groups is 2. The van der Waals surface area contributed by atoms with Gasteiger partial charge in [-0.1, -0.05) is 0 Å². The molecule has 0 heterocycles. The van der Waals surface area contributed by atoms with Crippen LogP contribution in [0.3, 0.4) is 0 Å².